The smallest absolute Gasteiger partial charge is 0.0453 e. The van der Waals surface area contributed by atoms with Gasteiger partial charge in [-0.05, 0) is 37.2 Å². The van der Waals surface area contributed by atoms with E-state index in [1.807, 2.05) is 12.1 Å². The van der Waals surface area contributed by atoms with Gasteiger partial charge in [-0.2, -0.15) is 0 Å². The second kappa shape index (κ2) is 6.08. The summed E-state index contributed by atoms with van der Waals surface area (Å²) in [4.78, 5) is 2.38. The Morgan fingerprint density at radius 2 is 1.90 bits per heavy atom. The first kappa shape index (κ1) is 14.4. The van der Waals surface area contributed by atoms with Crippen molar-refractivity contribution in [2.75, 3.05) is 25.5 Å². The lowest BCUT2D eigenvalue weighted by atomic mass is 9.99. The largest absolute Gasteiger partial charge is 0.384 e. The summed E-state index contributed by atoms with van der Waals surface area (Å²) in [6.07, 6.45) is 0. The van der Waals surface area contributed by atoms with Crippen LogP contribution in [-0.2, 0) is 0 Å². The number of benzene rings is 2. The fourth-order valence-corrected chi connectivity index (χ4v) is 3.37. The van der Waals surface area contributed by atoms with E-state index in [4.69, 9.17) is 11.6 Å². The third kappa shape index (κ3) is 2.92. The maximum atomic E-state index is 6.32. The molecule has 21 heavy (non-hydrogen) atoms. The zero-order chi connectivity index (χ0) is 14.8. The maximum Gasteiger partial charge on any atom is 0.0453 e. The molecule has 1 N–H and O–H groups in total. The van der Waals surface area contributed by atoms with Crippen LogP contribution in [0.3, 0.4) is 0 Å². The number of nitrogens with zero attached hydrogens (tertiary/aromatic N) is 1. The van der Waals surface area contributed by atoms with E-state index in [9.17, 15) is 0 Å². The van der Waals surface area contributed by atoms with Crippen LogP contribution in [0.25, 0.3) is 0 Å². The summed E-state index contributed by atoms with van der Waals surface area (Å²) in [7, 11) is 2.18. The third-order valence-corrected chi connectivity index (χ3v) is 4.81. The molecule has 0 saturated heterocycles. The van der Waals surface area contributed by atoms with Crippen molar-refractivity contribution >= 4 is 17.3 Å². The topological polar surface area (TPSA) is 15.3 Å². The van der Waals surface area contributed by atoms with Crippen molar-refractivity contribution in [1.29, 1.82) is 0 Å². The van der Waals surface area contributed by atoms with Gasteiger partial charge in [0.2, 0.25) is 0 Å². The predicted molar refractivity (Wildman–Crippen MR) is 90.2 cm³/mol. The highest BCUT2D eigenvalue weighted by Crippen LogP contribution is 2.33. The van der Waals surface area contributed by atoms with Gasteiger partial charge >= 0.3 is 0 Å². The summed E-state index contributed by atoms with van der Waals surface area (Å²) in [5, 5.41) is 4.34. The summed E-state index contributed by atoms with van der Waals surface area (Å²) in [5.74, 6) is 0.538. The minimum atomic E-state index is 0.312. The van der Waals surface area contributed by atoms with Crippen LogP contribution >= 0.6 is 11.6 Å². The number of nitrogens with one attached hydrogen (secondary N) is 1. The van der Waals surface area contributed by atoms with Gasteiger partial charge in [-0.3, -0.25) is 4.90 Å². The normalized spacial score (nSPS) is 18.4. The molecule has 2 atom stereocenters. The Bertz CT molecular complexity index is 626. The molecular weight excluding hydrogens is 280 g/mol. The average molecular weight is 301 g/mol. The zero-order valence-corrected chi connectivity index (χ0v) is 13.3. The molecule has 2 nitrogen and oxygen atoms in total. The molecule has 0 radical (unpaired) electrons. The molecule has 2 aromatic carbocycles. The van der Waals surface area contributed by atoms with E-state index >= 15 is 0 Å². The third-order valence-electron chi connectivity index (χ3n) is 4.46. The summed E-state index contributed by atoms with van der Waals surface area (Å²) in [5.41, 5.74) is 3.90. The minimum absolute atomic E-state index is 0.312. The van der Waals surface area contributed by atoms with Crippen molar-refractivity contribution in [2.45, 2.75) is 18.9 Å². The van der Waals surface area contributed by atoms with Crippen LogP contribution in [0.15, 0.2) is 48.5 Å². The van der Waals surface area contributed by atoms with E-state index in [-0.39, 0.29) is 0 Å². The molecule has 0 bridgehead atoms. The summed E-state index contributed by atoms with van der Waals surface area (Å²) in [6.45, 7) is 4.25. The molecule has 2 unspecified atom stereocenters. The lowest BCUT2D eigenvalue weighted by molar-refractivity contribution is 0.249. The van der Waals surface area contributed by atoms with Gasteiger partial charge in [0.15, 0.2) is 0 Å². The summed E-state index contributed by atoms with van der Waals surface area (Å²) < 4.78 is 0. The minimum Gasteiger partial charge on any atom is -0.384 e. The Morgan fingerprint density at radius 1 is 1.19 bits per heavy atom. The van der Waals surface area contributed by atoms with Crippen LogP contribution < -0.4 is 5.32 Å². The first-order chi connectivity index (χ1) is 10.2. The number of rotatable bonds is 4. The lowest BCUT2D eigenvalue weighted by Crippen LogP contribution is -2.28. The fraction of sp³-hybridized carbons (Fsp3) is 0.333. The molecule has 0 aliphatic carbocycles. The van der Waals surface area contributed by atoms with Crippen molar-refractivity contribution in [1.82, 2.24) is 4.90 Å². The number of hydrogen-bond donors (Lipinski definition) is 1. The number of halogens is 1. The average Bonchev–Trinajstić information content (AvgIpc) is 2.90. The SMILES string of the molecule is CC(c1ccccc1Cl)N(C)CC1CNc2ccccc21. The van der Waals surface area contributed by atoms with E-state index in [1.54, 1.807) is 0 Å². The van der Waals surface area contributed by atoms with Crippen LogP contribution in [-0.4, -0.2) is 25.0 Å². The van der Waals surface area contributed by atoms with E-state index < -0.39 is 0 Å². The fourth-order valence-electron chi connectivity index (χ4n) is 3.08. The molecule has 1 aliphatic rings. The Labute approximate surface area is 131 Å². The molecule has 1 aliphatic heterocycles. The maximum absolute atomic E-state index is 6.32. The molecule has 110 valence electrons. The Hall–Kier alpha value is -1.51. The number of hydrogen-bond acceptors (Lipinski definition) is 2. The summed E-state index contributed by atoms with van der Waals surface area (Å²) in [6, 6.07) is 17.0. The van der Waals surface area contributed by atoms with Gasteiger partial charge in [0.25, 0.3) is 0 Å². The van der Waals surface area contributed by atoms with Crippen LogP contribution in [0, 0.1) is 0 Å². The monoisotopic (exact) mass is 300 g/mol. The van der Waals surface area contributed by atoms with Crippen LogP contribution in [0.5, 0.6) is 0 Å². The van der Waals surface area contributed by atoms with Crippen molar-refractivity contribution < 1.29 is 0 Å². The first-order valence-corrected chi connectivity index (χ1v) is 7.82. The molecule has 0 spiro atoms. The quantitative estimate of drug-likeness (QED) is 0.891. The highest BCUT2D eigenvalue weighted by Gasteiger charge is 2.25. The highest BCUT2D eigenvalue weighted by atomic mass is 35.5. The van der Waals surface area contributed by atoms with Crippen LogP contribution in [0.4, 0.5) is 5.69 Å². The van der Waals surface area contributed by atoms with Crippen molar-refractivity contribution in [2.24, 2.45) is 0 Å². The molecule has 1 heterocycles. The molecule has 0 saturated carbocycles. The Balaban J connectivity index is 1.73. The van der Waals surface area contributed by atoms with Crippen LogP contribution in [0.2, 0.25) is 5.02 Å². The first-order valence-electron chi connectivity index (χ1n) is 7.44. The molecule has 0 fully saturated rings. The number of fused-ring (bicyclic) bond motifs is 1. The van der Waals surface area contributed by atoms with Gasteiger partial charge in [-0.1, -0.05) is 48.0 Å². The predicted octanol–water partition coefficient (Wildman–Crippen LogP) is 4.54. The second-order valence-corrected chi connectivity index (χ2v) is 6.21. The zero-order valence-electron chi connectivity index (χ0n) is 12.5. The van der Waals surface area contributed by atoms with Gasteiger partial charge < -0.3 is 5.32 Å². The van der Waals surface area contributed by atoms with E-state index in [1.165, 1.54) is 16.8 Å². The van der Waals surface area contributed by atoms with Gasteiger partial charge in [0.1, 0.15) is 0 Å². The van der Waals surface area contributed by atoms with Gasteiger partial charge in [0.05, 0.1) is 0 Å². The van der Waals surface area contributed by atoms with E-state index in [0.717, 1.165) is 18.1 Å². The van der Waals surface area contributed by atoms with Crippen molar-refractivity contribution in [3.63, 3.8) is 0 Å². The standard InChI is InChI=1S/C18H21ClN2/c1-13(15-7-3-5-9-17(15)19)21(2)12-14-11-20-18-10-6-4-8-16(14)18/h3-10,13-14,20H,11-12H2,1-2H3. The van der Waals surface area contributed by atoms with Gasteiger partial charge in [0, 0.05) is 35.8 Å². The summed E-state index contributed by atoms with van der Waals surface area (Å²) >= 11 is 6.32. The molecule has 3 heteroatoms. The molecule has 0 amide bonds. The van der Waals surface area contributed by atoms with Gasteiger partial charge in [-0.15, -0.1) is 0 Å². The molecule has 3 rings (SSSR count). The number of likely N-dealkylation sites (N-methyl/N-ethyl adjacent to an activating group) is 1. The van der Waals surface area contributed by atoms with E-state index in [0.29, 0.717) is 12.0 Å². The number of para-hydroxylation sites is 1. The second-order valence-electron chi connectivity index (χ2n) is 5.80. The van der Waals surface area contributed by atoms with E-state index in [2.05, 4.69) is 60.6 Å². The van der Waals surface area contributed by atoms with Crippen molar-refractivity contribution in [3.05, 3.63) is 64.7 Å². The molecule has 0 aromatic heterocycles. The van der Waals surface area contributed by atoms with Crippen LogP contribution in [0.1, 0.15) is 30.0 Å². The lowest BCUT2D eigenvalue weighted by Gasteiger charge is -2.28. The number of anilines is 1. The van der Waals surface area contributed by atoms with Crippen molar-refractivity contribution in [3.8, 4) is 0 Å². The van der Waals surface area contributed by atoms with Gasteiger partial charge in [-0.25, -0.2) is 0 Å². The highest BCUT2D eigenvalue weighted by molar-refractivity contribution is 6.31. The Kier molecular flexibility index (Phi) is 4.18. The molecule has 2 aromatic rings. The molecular formula is C18H21ClN2. The Morgan fingerprint density at radius 3 is 2.71 bits per heavy atom.